The highest BCUT2D eigenvalue weighted by atomic mass is 35.5. The summed E-state index contributed by atoms with van der Waals surface area (Å²) in [5.74, 6) is -0.0256. The molecule has 0 atom stereocenters. The predicted molar refractivity (Wildman–Crippen MR) is 78.4 cm³/mol. The predicted octanol–water partition coefficient (Wildman–Crippen LogP) is 3.58. The Balaban J connectivity index is 2.08. The van der Waals surface area contributed by atoms with E-state index < -0.39 is 16.4 Å². The molecule has 0 amide bonds. The molecule has 0 radical (unpaired) electrons. The molecule has 0 spiro atoms. The van der Waals surface area contributed by atoms with Gasteiger partial charge in [-0.25, -0.2) is 8.42 Å². The van der Waals surface area contributed by atoms with Crippen LogP contribution in [0.25, 0.3) is 0 Å². The Morgan fingerprint density at radius 3 is 2.19 bits per heavy atom. The summed E-state index contributed by atoms with van der Waals surface area (Å²) in [7, 11) is -2.94. The Morgan fingerprint density at radius 1 is 1.19 bits per heavy atom. The van der Waals surface area contributed by atoms with E-state index in [-0.39, 0.29) is 33.3 Å². The van der Waals surface area contributed by atoms with Crippen molar-refractivity contribution in [2.45, 2.75) is 25.5 Å². The van der Waals surface area contributed by atoms with Gasteiger partial charge in [-0.05, 0) is 25.0 Å². The second kappa shape index (κ2) is 6.54. The van der Waals surface area contributed by atoms with Gasteiger partial charge in [-0.2, -0.15) is 8.78 Å². The van der Waals surface area contributed by atoms with Crippen LogP contribution in [0.3, 0.4) is 0 Å². The fourth-order valence-corrected chi connectivity index (χ4v) is 4.18. The second-order valence-corrected chi connectivity index (χ2v) is 7.84. The molecule has 1 aliphatic heterocycles. The largest absolute Gasteiger partial charge is 0.432 e. The Kier molecular flexibility index (Phi) is 5.16. The van der Waals surface area contributed by atoms with Crippen LogP contribution in [0.4, 0.5) is 14.5 Å². The topological polar surface area (TPSA) is 55.4 Å². The zero-order chi connectivity index (χ0) is 15.6. The molecular weight excluding hydrogens is 347 g/mol. The third-order valence-corrected chi connectivity index (χ3v) is 5.41. The van der Waals surface area contributed by atoms with Crippen molar-refractivity contribution in [3.8, 4) is 5.75 Å². The number of benzene rings is 1. The molecule has 1 fully saturated rings. The third-order valence-electron chi connectivity index (χ3n) is 3.13. The van der Waals surface area contributed by atoms with Gasteiger partial charge in [0.25, 0.3) is 0 Å². The molecule has 4 nitrogen and oxygen atoms in total. The van der Waals surface area contributed by atoms with Crippen molar-refractivity contribution < 1.29 is 21.9 Å². The van der Waals surface area contributed by atoms with Gasteiger partial charge < -0.3 is 10.1 Å². The third kappa shape index (κ3) is 4.59. The van der Waals surface area contributed by atoms with Gasteiger partial charge in [-0.15, -0.1) is 0 Å². The molecule has 1 aromatic rings. The van der Waals surface area contributed by atoms with E-state index in [1.54, 1.807) is 0 Å². The van der Waals surface area contributed by atoms with E-state index in [0.29, 0.717) is 18.5 Å². The van der Waals surface area contributed by atoms with E-state index in [4.69, 9.17) is 23.2 Å². The Bertz CT molecular complexity index is 588. The van der Waals surface area contributed by atoms with E-state index in [0.717, 1.165) is 0 Å². The lowest BCUT2D eigenvalue weighted by molar-refractivity contribution is -0.0497. The molecule has 1 heterocycles. The molecule has 1 aliphatic rings. The highest BCUT2D eigenvalue weighted by Gasteiger charge is 2.24. The molecule has 2 rings (SSSR count). The van der Waals surface area contributed by atoms with Gasteiger partial charge in [0.15, 0.2) is 5.75 Å². The minimum absolute atomic E-state index is 0.0254. The maximum Gasteiger partial charge on any atom is 0.387 e. The smallest absolute Gasteiger partial charge is 0.387 e. The van der Waals surface area contributed by atoms with Gasteiger partial charge in [0.2, 0.25) is 0 Å². The fourth-order valence-electron chi connectivity index (χ4n) is 2.11. The average molecular weight is 360 g/mol. The van der Waals surface area contributed by atoms with Crippen molar-refractivity contribution in [1.29, 1.82) is 0 Å². The van der Waals surface area contributed by atoms with E-state index in [1.165, 1.54) is 12.1 Å². The summed E-state index contributed by atoms with van der Waals surface area (Å²) in [5, 5.41) is 3.04. The van der Waals surface area contributed by atoms with Gasteiger partial charge in [0.05, 0.1) is 21.6 Å². The van der Waals surface area contributed by atoms with Crippen molar-refractivity contribution in [1.82, 2.24) is 0 Å². The average Bonchev–Trinajstić information content (AvgIpc) is 2.36. The molecule has 1 saturated heterocycles. The van der Waals surface area contributed by atoms with Gasteiger partial charge in [-0.3, -0.25) is 0 Å². The number of ether oxygens (including phenoxy) is 1. The molecule has 0 unspecified atom stereocenters. The number of halogens is 4. The van der Waals surface area contributed by atoms with Crippen LogP contribution in [-0.2, 0) is 9.84 Å². The number of hydrogen-bond acceptors (Lipinski definition) is 4. The molecule has 1 aromatic carbocycles. The van der Waals surface area contributed by atoms with Crippen molar-refractivity contribution in [2.75, 3.05) is 16.8 Å². The maximum absolute atomic E-state index is 12.2. The van der Waals surface area contributed by atoms with Gasteiger partial charge >= 0.3 is 6.61 Å². The van der Waals surface area contributed by atoms with E-state index in [2.05, 4.69) is 10.1 Å². The standard InChI is InChI=1S/C12H13Cl2F2NO3S/c13-9-5-8(6-10(14)11(9)20-12(15)16)17-7-1-3-21(18,19)4-2-7/h5-7,12,17H,1-4H2. The number of anilines is 1. The van der Waals surface area contributed by atoms with Crippen LogP contribution in [0, 0.1) is 0 Å². The lowest BCUT2D eigenvalue weighted by atomic mass is 10.1. The summed E-state index contributed by atoms with van der Waals surface area (Å²) in [6, 6.07) is 2.82. The molecule has 9 heteroatoms. The molecule has 0 bridgehead atoms. The zero-order valence-electron chi connectivity index (χ0n) is 10.8. The number of alkyl halides is 2. The van der Waals surface area contributed by atoms with Crippen molar-refractivity contribution in [2.24, 2.45) is 0 Å². The fraction of sp³-hybridized carbons (Fsp3) is 0.500. The van der Waals surface area contributed by atoms with Crippen LogP contribution in [-0.4, -0.2) is 32.6 Å². The van der Waals surface area contributed by atoms with Gasteiger partial charge in [0, 0.05) is 11.7 Å². The van der Waals surface area contributed by atoms with Crippen LogP contribution in [0.2, 0.25) is 10.0 Å². The van der Waals surface area contributed by atoms with E-state index >= 15 is 0 Å². The van der Waals surface area contributed by atoms with Crippen molar-refractivity contribution in [3.63, 3.8) is 0 Å². The minimum Gasteiger partial charge on any atom is -0.432 e. The molecule has 0 aromatic heterocycles. The van der Waals surface area contributed by atoms with Gasteiger partial charge in [0.1, 0.15) is 9.84 Å². The first-order valence-electron chi connectivity index (χ1n) is 6.17. The number of rotatable bonds is 4. The van der Waals surface area contributed by atoms with Crippen LogP contribution in [0.5, 0.6) is 5.75 Å². The highest BCUT2D eigenvalue weighted by molar-refractivity contribution is 7.91. The molecular formula is C12H13Cl2F2NO3S. The SMILES string of the molecule is O=S1(=O)CCC(Nc2cc(Cl)c(OC(F)F)c(Cl)c2)CC1. The van der Waals surface area contributed by atoms with Crippen LogP contribution in [0.15, 0.2) is 12.1 Å². The molecule has 0 aliphatic carbocycles. The van der Waals surface area contributed by atoms with E-state index in [9.17, 15) is 17.2 Å². The van der Waals surface area contributed by atoms with Crippen LogP contribution < -0.4 is 10.1 Å². The lowest BCUT2D eigenvalue weighted by Crippen LogP contribution is -2.32. The first kappa shape index (κ1) is 16.6. The molecule has 1 N–H and O–H groups in total. The second-order valence-electron chi connectivity index (χ2n) is 4.72. The number of nitrogens with one attached hydrogen (secondary N) is 1. The Hall–Kier alpha value is -0.790. The summed E-state index contributed by atoms with van der Waals surface area (Å²) in [4.78, 5) is 0. The highest BCUT2D eigenvalue weighted by Crippen LogP contribution is 2.37. The van der Waals surface area contributed by atoms with Crippen molar-refractivity contribution in [3.05, 3.63) is 22.2 Å². The lowest BCUT2D eigenvalue weighted by Gasteiger charge is -2.24. The quantitative estimate of drug-likeness (QED) is 0.892. The van der Waals surface area contributed by atoms with Crippen LogP contribution >= 0.6 is 23.2 Å². The summed E-state index contributed by atoms with van der Waals surface area (Å²) in [6.07, 6.45) is 0.958. The first-order valence-corrected chi connectivity index (χ1v) is 8.75. The van der Waals surface area contributed by atoms with Gasteiger partial charge in [-0.1, -0.05) is 23.2 Å². The summed E-state index contributed by atoms with van der Waals surface area (Å²) in [6.45, 7) is -3.01. The Labute approximate surface area is 131 Å². The molecule has 118 valence electrons. The molecule has 21 heavy (non-hydrogen) atoms. The summed E-state index contributed by atoms with van der Waals surface area (Å²) in [5.41, 5.74) is 0.538. The summed E-state index contributed by atoms with van der Waals surface area (Å²) >= 11 is 11.7. The first-order chi connectivity index (χ1) is 9.77. The molecule has 0 saturated carbocycles. The number of hydrogen-bond donors (Lipinski definition) is 1. The van der Waals surface area contributed by atoms with E-state index in [1.807, 2.05) is 0 Å². The number of sulfone groups is 1. The normalized spacial score (nSPS) is 18.7. The monoisotopic (exact) mass is 359 g/mol. The van der Waals surface area contributed by atoms with Crippen LogP contribution in [0.1, 0.15) is 12.8 Å². The Morgan fingerprint density at radius 2 is 1.71 bits per heavy atom. The summed E-state index contributed by atoms with van der Waals surface area (Å²) < 4.78 is 51.4. The zero-order valence-corrected chi connectivity index (χ0v) is 13.1. The van der Waals surface area contributed by atoms with Crippen molar-refractivity contribution >= 4 is 38.7 Å². The minimum atomic E-state index is -3.01. The maximum atomic E-state index is 12.2.